The number of aromatic nitrogens is 2. The van der Waals surface area contributed by atoms with E-state index in [-0.39, 0.29) is 5.91 Å². The molecule has 0 radical (unpaired) electrons. The molecule has 2 fully saturated rings. The SMILES string of the molecule is Cc1cc(C(=N)CC=N)cc2c(N3CCc4ccc(C(=O)N5CCC(NCC6CC6)CC5)cc4C3)ncnc12. The highest BCUT2D eigenvalue weighted by atomic mass is 16.2. The fourth-order valence-corrected chi connectivity index (χ4v) is 5.97. The average molecular weight is 524 g/mol. The highest BCUT2D eigenvalue weighted by Crippen LogP contribution is 2.32. The Balaban J connectivity index is 1.20. The number of piperidine rings is 1. The van der Waals surface area contributed by atoms with Gasteiger partial charge in [0.2, 0.25) is 0 Å². The summed E-state index contributed by atoms with van der Waals surface area (Å²) >= 11 is 0. The summed E-state index contributed by atoms with van der Waals surface area (Å²) in [7, 11) is 0. The van der Waals surface area contributed by atoms with E-state index in [9.17, 15) is 4.79 Å². The zero-order chi connectivity index (χ0) is 26.9. The molecule has 39 heavy (non-hydrogen) atoms. The van der Waals surface area contributed by atoms with Crippen molar-refractivity contribution in [3.8, 4) is 0 Å². The van der Waals surface area contributed by atoms with Crippen LogP contribution in [0.2, 0.25) is 0 Å². The van der Waals surface area contributed by atoms with E-state index in [2.05, 4.69) is 32.3 Å². The van der Waals surface area contributed by atoms with Crippen molar-refractivity contribution in [2.45, 2.75) is 58.0 Å². The first kappa shape index (κ1) is 25.6. The Morgan fingerprint density at radius 3 is 2.64 bits per heavy atom. The fraction of sp³-hybridized carbons (Fsp3) is 0.452. The number of aryl methyl sites for hydroxylation is 1. The number of benzene rings is 2. The molecule has 8 nitrogen and oxygen atoms in total. The molecule has 3 heterocycles. The molecule has 8 heteroatoms. The van der Waals surface area contributed by atoms with Gasteiger partial charge in [-0.15, -0.1) is 0 Å². The molecule has 1 saturated carbocycles. The van der Waals surface area contributed by atoms with Crippen LogP contribution in [0.25, 0.3) is 10.9 Å². The van der Waals surface area contributed by atoms with Crippen molar-refractivity contribution in [3.05, 3.63) is 64.5 Å². The molecule has 3 aliphatic rings. The number of carbonyl (C=O) groups is 1. The number of hydrogen-bond donors (Lipinski definition) is 3. The summed E-state index contributed by atoms with van der Waals surface area (Å²) in [6, 6.07) is 10.7. The van der Waals surface area contributed by atoms with Crippen molar-refractivity contribution in [1.29, 1.82) is 10.8 Å². The number of rotatable bonds is 8. The number of amides is 1. The molecule has 1 saturated heterocycles. The number of hydrogen-bond acceptors (Lipinski definition) is 7. The van der Waals surface area contributed by atoms with E-state index in [1.54, 1.807) is 6.33 Å². The van der Waals surface area contributed by atoms with Crippen LogP contribution < -0.4 is 10.2 Å². The minimum atomic E-state index is 0.132. The Morgan fingerprint density at radius 2 is 1.87 bits per heavy atom. The zero-order valence-corrected chi connectivity index (χ0v) is 22.7. The molecule has 1 amide bonds. The number of carbonyl (C=O) groups excluding carboxylic acids is 1. The quantitative estimate of drug-likeness (QED) is 0.377. The molecule has 2 aromatic carbocycles. The third kappa shape index (κ3) is 5.43. The second-order valence-electron chi connectivity index (χ2n) is 11.3. The molecule has 3 N–H and O–H groups in total. The number of likely N-dealkylation sites (tertiary alicyclic amines) is 1. The molecule has 0 atom stereocenters. The van der Waals surface area contributed by atoms with Gasteiger partial charge in [0, 0.05) is 61.5 Å². The maximum atomic E-state index is 13.4. The van der Waals surface area contributed by atoms with Gasteiger partial charge >= 0.3 is 0 Å². The van der Waals surface area contributed by atoms with Crippen molar-refractivity contribution in [2.75, 3.05) is 31.1 Å². The molecule has 0 spiro atoms. The van der Waals surface area contributed by atoms with Crippen LogP contribution in [0, 0.1) is 23.7 Å². The maximum absolute atomic E-state index is 13.4. The lowest BCUT2D eigenvalue weighted by molar-refractivity contribution is 0.0705. The molecular formula is C31H37N7O. The van der Waals surface area contributed by atoms with Crippen LogP contribution in [-0.4, -0.2) is 64.9 Å². The van der Waals surface area contributed by atoms with Gasteiger partial charge in [0.05, 0.1) is 5.52 Å². The molecule has 2 aliphatic heterocycles. The van der Waals surface area contributed by atoms with E-state index in [1.807, 2.05) is 30.0 Å². The van der Waals surface area contributed by atoms with Crippen LogP contribution in [0.3, 0.4) is 0 Å². The average Bonchev–Trinajstić information content (AvgIpc) is 3.80. The molecule has 0 bridgehead atoms. The van der Waals surface area contributed by atoms with Gasteiger partial charge < -0.3 is 25.9 Å². The topological polar surface area (TPSA) is 109 Å². The third-order valence-electron chi connectivity index (χ3n) is 8.50. The lowest BCUT2D eigenvalue weighted by atomic mass is 9.95. The second-order valence-corrected chi connectivity index (χ2v) is 11.3. The Bertz CT molecular complexity index is 1420. The Hall–Kier alpha value is -3.65. The third-order valence-corrected chi connectivity index (χ3v) is 8.50. The van der Waals surface area contributed by atoms with Gasteiger partial charge in [-0.05, 0) is 98.0 Å². The largest absolute Gasteiger partial charge is 0.351 e. The Morgan fingerprint density at radius 1 is 1.05 bits per heavy atom. The van der Waals surface area contributed by atoms with Crippen molar-refractivity contribution >= 4 is 34.6 Å². The van der Waals surface area contributed by atoms with Crippen molar-refractivity contribution in [3.63, 3.8) is 0 Å². The summed E-state index contributed by atoms with van der Waals surface area (Å²) < 4.78 is 0. The van der Waals surface area contributed by atoms with Crippen LogP contribution >= 0.6 is 0 Å². The van der Waals surface area contributed by atoms with E-state index in [4.69, 9.17) is 10.8 Å². The van der Waals surface area contributed by atoms with Gasteiger partial charge in [0.15, 0.2) is 0 Å². The van der Waals surface area contributed by atoms with Gasteiger partial charge in [-0.2, -0.15) is 0 Å². The highest BCUT2D eigenvalue weighted by Gasteiger charge is 2.27. The van der Waals surface area contributed by atoms with Crippen LogP contribution in [0.4, 0.5) is 5.82 Å². The van der Waals surface area contributed by atoms with Crippen LogP contribution in [0.5, 0.6) is 0 Å². The molecule has 6 rings (SSSR count). The van der Waals surface area contributed by atoms with E-state index >= 15 is 0 Å². The maximum Gasteiger partial charge on any atom is 0.253 e. The van der Waals surface area contributed by atoms with Gasteiger partial charge in [0.1, 0.15) is 12.1 Å². The van der Waals surface area contributed by atoms with E-state index in [0.717, 1.165) is 84.8 Å². The molecule has 3 aromatic rings. The van der Waals surface area contributed by atoms with Gasteiger partial charge in [-0.25, -0.2) is 9.97 Å². The first-order valence-electron chi connectivity index (χ1n) is 14.2. The first-order chi connectivity index (χ1) is 19.0. The van der Waals surface area contributed by atoms with Gasteiger partial charge in [-0.1, -0.05) is 6.07 Å². The minimum absolute atomic E-state index is 0.132. The van der Waals surface area contributed by atoms with Crippen LogP contribution in [-0.2, 0) is 13.0 Å². The molecule has 0 unspecified atom stereocenters. The summed E-state index contributed by atoms with van der Waals surface area (Å²) in [6.45, 7) is 6.27. The molecule has 1 aliphatic carbocycles. The summed E-state index contributed by atoms with van der Waals surface area (Å²) in [5.41, 5.74) is 6.33. The zero-order valence-electron chi connectivity index (χ0n) is 22.7. The highest BCUT2D eigenvalue weighted by molar-refractivity contribution is 6.08. The molecule has 202 valence electrons. The second kappa shape index (κ2) is 10.8. The summed E-state index contributed by atoms with van der Waals surface area (Å²) in [5.74, 6) is 1.87. The Labute approximate surface area is 229 Å². The predicted octanol–water partition coefficient (Wildman–Crippen LogP) is 4.51. The standard InChI is InChI=1S/C31H37N7O/c1-20-14-24(28(33)6-10-32)16-27-29(20)35-19-36-30(27)38-11-7-22-4-5-23(15-25(22)18-38)31(39)37-12-8-26(9-13-37)34-17-21-2-3-21/h4-5,10,14-16,19,21,26,32-34H,2-3,6-9,11-13,17-18H2,1H3. The van der Waals surface area contributed by atoms with E-state index in [1.165, 1.54) is 30.2 Å². The van der Waals surface area contributed by atoms with Gasteiger partial charge in [-0.3, -0.25) is 4.79 Å². The van der Waals surface area contributed by atoms with Crippen molar-refractivity contribution < 1.29 is 4.79 Å². The number of fused-ring (bicyclic) bond motifs is 2. The summed E-state index contributed by atoms with van der Waals surface area (Å²) in [4.78, 5) is 26.9. The summed E-state index contributed by atoms with van der Waals surface area (Å²) in [5, 5.41) is 20.4. The fourth-order valence-electron chi connectivity index (χ4n) is 5.97. The number of anilines is 1. The van der Waals surface area contributed by atoms with Gasteiger partial charge in [0.25, 0.3) is 5.91 Å². The lowest BCUT2D eigenvalue weighted by Gasteiger charge is -2.33. The number of nitrogens with zero attached hydrogens (tertiary/aromatic N) is 4. The smallest absolute Gasteiger partial charge is 0.253 e. The molecular weight excluding hydrogens is 486 g/mol. The van der Waals surface area contributed by atoms with E-state index in [0.29, 0.717) is 24.7 Å². The lowest BCUT2D eigenvalue weighted by Crippen LogP contribution is -2.45. The first-order valence-corrected chi connectivity index (χ1v) is 14.2. The van der Waals surface area contributed by atoms with Crippen molar-refractivity contribution in [2.24, 2.45) is 5.92 Å². The van der Waals surface area contributed by atoms with Crippen molar-refractivity contribution in [1.82, 2.24) is 20.2 Å². The van der Waals surface area contributed by atoms with E-state index < -0.39 is 0 Å². The van der Waals surface area contributed by atoms with Crippen LogP contribution in [0.15, 0.2) is 36.7 Å². The number of nitrogens with one attached hydrogen (secondary N) is 3. The summed E-state index contributed by atoms with van der Waals surface area (Å²) in [6.07, 6.45) is 8.85. The monoisotopic (exact) mass is 523 g/mol. The van der Waals surface area contributed by atoms with Crippen LogP contribution in [0.1, 0.15) is 64.7 Å². The molecule has 1 aromatic heterocycles. The minimum Gasteiger partial charge on any atom is -0.351 e. The Kier molecular flexibility index (Phi) is 7.12. The normalized spacial score (nSPS) is 17.8. The predicted molar refractivity (Wildman–Crippen MR) is 155 cm³/mol.